The molecule has 1 heterocycles. The molecule has 0 fully saturated rings. The molecule has 6 heteroatoms. The van der Waals surface area contributed by atoms with Gasteiger partial charge in [0.2, 0.25) is 0 Å². The van der Waals surface area contributed by atoms with Crippen molar-refractivity contribution in [2.75, 3.05) is 12.8 Å². The molecule has 0 aliphatic carbocycles. The zero-order valence-corrected chi connectivity index (χ0v) is 10.8. The van der Waals surface area contributed by atoms with Gasteiger partial charge in [-0.05, 0) is 13.5 Å². The van der Waals surface area contributed by atoms with Crippen molar-refractivity contribution in [3.63, 3.8) is 0 Å². The molecule has 0 spiro atoms. The van der Waals surface area contributed by atoms with Gasteiger partial charge in [-0.3, -0.25) is 0 Å². The number of hydrogen-bond donors (Lipinski definition) is 1. The van der Waals surface area contributed by atoms with Crippen LogP contribution in [0.3, 0.4) is 0 Å². The Bertz CT molecular complexity index is 412. The molecule has 1 rings (SSSR count). The van der Waals surface area contributed by atoms with Gasteiger partial charge in [-0.25, -0.2) is 13.4 Å². The predicted octanol–water partition coefficient (Wildman–Crippen LogP) is 1.36. The highest BCUT2D eigenvalue weighted by atomic mass is 32.2. The van der Waals surface area contributed by atoms with Crippen molar-refractivity contribution >= 4 is 21.2 Å². The lowest BCUT2D eigenvalue weighted by Gasteiger charge is -2.07. The lowest BCUT2D eigenvalue weighted by atomic mass is 10.3. The van der Waals surface area contributed by atoms with E-state index in [4.69, 9.17) is 0 Å². The molecule has 0 saturated heterocycles. The summed E-state index contributed by atoms with van der Waals surface area (Å²) >= 11 is 1.46. The zero-order chi connectivity index (χ0) is 11.5. The summed E-state index contributed by atoms with van der Waals surface area (Å²) < 4.78 is 22.1. The molecule has 1 aromatic rings. The molecule has 0 aromatic carbocycles. The number of hydrogen-bond acceptors (Lipinski definition) is 5. The van der Waals surface area contributed by atoms with Gasteiger partial charge in [-0.15, -0.1) is 11.3 Å². The van der Waals surface area contributed by atoms with Crippen molar-refractivity contribution in [3.05, 3.63) is 16.1 Å². The van der Waals surface area contributed by atoms with E-state index >= 15 is 0 Å². The Morgan fingerprint density at radius 1 is 1.60 bits per heavy atom. The Hall–Kier alpha value is -0.460. The molecule has 15 heavy (non-hydrogen) atoms. The minimum absolute atomic E-state index is 0.0382. The topological polar surface area (TPSA) is 59.1 Å². The van der Waals surface area contributed by atoms with E-state index in [-0.39, 0.29) is 11.8 Å². The first-order chi connectivity index (χ1) is 6.92. The summed E-state index contributed by atoms with van der Waals surface area (Å²) in [7, 11) is -2.97. The predicted molar refractivity (Wildman–Crippen MR) is 62.8 cm³/mol. The molecular formula is C9H16N2O2S2. The molecule has 0 radical (unpaired) electrons. The molecule has 0 bridgehead atoms. The van der Waals surface area contributed by atoms with Crippen LogP contribution >= 0.6 is 11.3 Å². The highest BCUT2D eigenvalue weighted by molar-refractivity contribution is 7.90. The fourth-order valence-electron chi connectivity index (χ4n) is 1.22. The Labute approximate surface area is 94.7 Å². The molecule has 0 amide bonds. The first-order valence-electron chi connectivity index (χ1n) is 4.78. The van der Waals surface area contributed by atoms with E-state index in [1.54, 1.807) is 6.20 Å². The van der Waals surface area contributed by atoms with E-state index < -0.39 is 9.84 Å². The Morgan fingerprint density at radius 3 is 2.80 bits per heavy atom. The summed E-state index contributed by atoms with van der Waals surface area (Å²) in [4.78, 5) is 5.18. The monoisotopic (exact) mass is 248 g/mol. The fourth-order valence-corrected chi connectivity index (χ4v) is 3.37. The van der Waals surface area contributed by atoms with Crippen LogP contribution in [0.2, 0.25) is 0 Å². The van der Waals surface area contributed by atoms with Crippen molar-refractivity contribution in [1.29, 1.82) is 0 Å². The van der Waals surface area contributed by atoms with Crippen LogP contribution in [-0.4, -0.2) is 26.2 Å². The number of thiazole rings is 1. The molecule has 1 unspecified atom stereocenters. The number of rotatable bonds is 5. The first-order valence-corrected chi connectivity index (χ1v) is 7.65. The van der Waals surface area contributed by atoms with Crippen molar-refractivity contribution in [1.82, 2.24) is 10.3 Å². The van der Waals surface area contributed by atoms with Crippen LogP contribution in [0, 0.1) is 0 Å². The first kappa shape index (κ1) is 12.6. The minimum Gasteiger partial charge on any atom is -0.310 e. The van der Waals surface area contributed by atoms with Crippen LogP contribution in [0.25, 0.3) is 0 Å². The Kier molecular flexibility index (Phi) is 4.24. The second-order valence-electron chi connectivity index (χ2n) is 3.51. The van der Waals surface area contributed by atoms with Crippen LogP contribution in [0.15, 0.2) is 6.20 Å². The van der Waals surface area contributed by atoms with Crippen LogP contribution in [-0.2, 0) is 15.6 Å². The average Bonchev–Trinajstić information content (AvgIpc) is 2.50. The molecule has 1 N–H and O–H groups in total. The number of nitrogens with one attached hydrogen (secondary N) is 1. The van der Waals surface area contributed by atoms with Gasteiger partial charge in [0, 0.05) is 23.4 Å². The summed E-state index contributed by atoms with van der Waals surface area (Å²) in [5.41, 5.74) is 0. The standard InChI is InChI=1S/C9H16N2O2S2/c1-4-10-7(2)8-5-11-9(14-8)6-15(3,12)13/h5,7,10H,4,6H2,1-3H3. The van der Waals surface area contributed by atoms with Crippen molar-refractivity contribution in [2.45, 2.75) is 25.6 Å². The SMILES string of the molecule is CCNC(C)c1cnc(CS(C)(=O)=O)s1. The summed E-state index contributed by atoms with van der Waals surface area (Å²) in [6.45, 7) is 4.97. The van der Waals surface area contributed by atoms with Gasteiger partial charge in [-0.2, -0.15) is 0 Å². The number of nitrogens with zero attached hydrogens (tertiary/aromatic N) is 1. The van der Waals surface area contributed by atoms with Crippen LogP contribution in [0.1, 0.15) is 29.8 Å². The highest BCUT2D eigenvalue weighted by Gasteiger charge is 2.12. The molecule has 4 nitrogen and oxygen atoms in total. The van der Waals surface area contributed by atoms with E-state index in [0.29, 0.717) is 5.01 Å². The zero-order valence-electron chi connectivity index (χ0n) is 9.15. The molecule has 1 atom stereocenters. The van der Waals surface area contributed by atoms with Crippen molar-refractivity contribution in [3.8, 4) is 0 Å². The largest absolute Gasteiger partial charge is 0.310 e. The third-order valence-corrected chi connectivity index (χ3v) is 4.05. The van der Waals surface area contributed by atoms with Crippen molar-refractivity contribution < 1.29 is 8.42 Å². The summed E-state index contributed by atoms with van der Waals surface area (Å²) in [6, 6.07) is 0.237. The van der Waals surface area contributed by atoms with Crippen LogP contribution < -0.4 is 5.32 Å². The lowest BCUT2D eigenvalue weighted by Crippen LogP contribution is -2.16. The van der Waals surface area contributed by atoms with Gasteiger partial charge in [0.05, 0.1) is 0 Å². The maximum absolute atomic E-state index is 11.1. The average molecular weight is 248 g/mol. The van der Waals surface area contributed by atoms with Gasteiger partial charge in [-0.1, -0.05) is 6.92 Å². The Balaban J connectivity index is 2.72. The van der Waals surface area contributed by atoms with Gasteiger partial charge < -0.3 is 5.32 Å². The summed E-state index contributed by atoms with van der Waals surface area (Å²) in [6.07, 6.45) is 2.97. The third kappa shape index (κ3) is 4.27. The van der Waals surface area contributed by atoms with E-state index in [9.17, 15) is 8.42 Å². The molecule has 0 aliphatic rings. The minimum atomic E-state index is -2.97. The van der Waals surface area contributed by atoms with Gasteiger partial charge in [0.15, 0.2) is 9.84 Å². The Morgan fingerprint density at radius 2 is 2.27 bits per heavy atom. The smallest absolute Gasteiger partial charge is 0.153 e. The number of aromatic nitrogens is 1. The van der Waals surface area contributed by atoms with Gasteiger partial charge >= 0.3 is 0 Å². The molecule has 1 aromatic heterocycles. The van der Waals surface area contributed by atoms with Crippen LogP contribution in [0.4, 0.5) is 0 Å². The molecule has 86 valence electrons. The molecule has 0 aliphatic heterocycles. The lowest BCUT2D eigenvalue weighted by molar-refractivity contribution is 0.601. The molecule has 0 saturated carbocycles. The quantitative estimate of drug-likeness (QED) is 0.854. The highest BCUT2D eigenvalue weighted by Crippen LogP contribution is 2.21. The van der Waals surface area contributed by atoms with Crippen LogP contribution in [0.5, 0.6) is 0 Å². The van der Waals surface area contributed by atoms with Crippen molar-refractivity contribution in [2.24, 2.45) is 0 Å². The number of sulfone groups is 1. The van der Waals surface area contributed by atoms with E-state index in [2.05, 4.69) is 10.3 Å². The molecular weight excluding hydrogens is 232 g/mol. The fraction of sp³-hybridized carbons (Fsp3) is 0.667. The van der Waals surface area contributed by atoms with E-state index in [0.717, 1.165) is 11.4 Å². The normalized spacial score (nSPS) is 14.1. The maximum atomic E-state index is 11.1. The third-order valence-electron chi connectivity index (χ3n) is 1.89. The summed E-state index contributed by atoms with van der Waals surface area (Å²) in [5, 5.41) is 3.92. The second-order valence-corrected chi connectivity index (χ2v) is 6.79. The van der Waals surface area contributed by atoms with Gasteiger partial charge in [0.25, 0.3) is 0 Å². The maximum Gasteiger partial charge on any atom is 0.153 e. The van der Waals surface area contributed by atoms with E-state index in [1.165, 1.54) is 17.6 Å². The summed E-state index contributed by atoms with van der Waals surface area (Å²) in [5.74, 6) is 0.0382. The van der Waals surface area contributed by atoms with E-state index in [1.807, 2.05) is 13.8 Å². The van der Waals surface area contributed by atoms with Gasteiger partial charge in [0.1, 0.15) is 10.8 Å². The second kappa shape index (κ2) is 5.05.